The third kappa shape index (κ3) is 3.59. The monoisotopic (exact) mass is 342 g/mol. The molecule has 0 N–H and O–H groups in total. The lowest BCUT2D eigenvalue weighted by Crippen LogP contribution is -2.31. The second-order valence-corrected chi connectivity index (χ2v) is 7.42. The van der Waals surface area contributed by atoms with Gasteiger partial charge >= 0.3 is 0 Å². The highest BCUT2D eigenvalue weighted by molar-refractivity contribution is 5.99. The Morgan fingerprint density at radius 3 is 2.80 bits per heavy atom. The molecule has 0 spiro atoms. The molecule has 1 aliphatic heterocycles. The Balaban J connectivity index is 1.90. The van der Waals surface area contributed by atoms with E-state index in [1.807, 2.05) is 11.0 Å². The number of amides is 1. The zero-order valence-corrected chi connectivity index (χ0v) is 16.0. The van der Waals surface area contributed by atoms with Crippen LogP contribution < -0.4 is 0 Å². The van der Waals surface area contributed by atoms with Crippen molar-refractivity contribution in [2.75, 3.05) is 26.8 Å². The molecule has 4 nitrogen and oxygen atoms in total. The number of likely N-dealkylation sites (tertiary alicyclic amines) is 1. The van der Waals surface area contributed by atoms with Crippen LogP contribution in [-0.4, -0.2) is 42.2 Å². The second kappa shape index (κ2) is 7.61. The number of aryl methyl sites for hydroxylation is 1. The largest absolute Gasteiger partial charge is 0.383 e. The summed E-state index contributed by atoms with van der Waals surface area (Å²) in [5.41, 5.74) is 4.51. The van der Waals surface area contributed by atoms with E-state index in [4.69, 9.17) is 4.74 Å². The second-order valence-electron chi connectivity index (χ2n) is 7.42. The molecule has 0 aliphatic carbocycles. The van der Waals surface area contributed by atoms with Crippen LogP contribution in [0.2, 0.25) is 0 Å². The van der Waals surface area contributed by atoms with E-state index >= 15 is 0 Å². The van der Waals surface area contributed by atoms with Crippen molar-refractivity contribution in [3.05, 3.63) is 35.0 Å². The minimum atomic E-state index is 0.178. The number of benzene rings is 1. The molecule has 1 aliphatic rings. The quantitative estimate of drug-likeness (QED) is 0.836. The van der Waals surface area contributed by atoms with Crippen LogP contribution in [-0.2, 0) is 11.3 Å². The van der Waals surface area contributed by atoms with Crippen molar-refractivity contribution in [1.29, 1.82) is 0 Å². The first-order valence-corrected chi connectivity index (χ1v) is 9.40. The van der Waals surface area contributed by atoms with Gasteiger partial charge < -0.3 is 14.2 Å². The average Bonchev–Trinajstić information content (AvgIpc) is 2.76. The molecule has 1 amide bonds. The lowest BCUT2D eigenvalue weighted by Gasteiger charge is -2.20. The topological polar surface area (TPSA) is 34.5 Å². The highest BCUT2D eigenvalue weighted by Gasteiger charge is 2.21. The Labute approximate surface area is 150 Å². The van der Waals surface area contributed by atoms with E-state index in [1.54, 1.807) is 7.11 Å². The first kappa shape index (κ1) is 18.0. The van der Waals surface area contributed by atoms with Crippen LogP contribution in [0.25, 0.3) is 10.9 Å². The van der Waals surface area contributed by atoms with E-state index in [1.165, 1.54) is 28.6 Å². The molecule has 1 unspecified atom stereocenters. The number of carbonyl (C=O) groups excluding carboxylic acids is 1. The van der Waals surface area contributed by atoms with Crippen LogP contribution in [0.4, 0.5) is 0 Å². The average molecular weight is 342 g/mol. The molecule has 25 heavy (non-hydrogen) atoms. The molecule has 3 rings (SSSR count). The van der Waals surface area contributed by atoms with Gasteiger partial charge in [-0.3, -0.25) is 4.79 Å². The third-order valence-corrected chi connectivity index (χ3v) is 5.71. The smallest absolute Gasteiger partial charge is 0.253 e. The molecule has 0 radical (unpaired) electrons. The SMILES string of the molecule is COCCn1c(C)c(C)c2cc(C(=O)N3CCCC(C)CC3)ccc21. The normalized spacial score (nSPS) is 18.6. The lowest BCUT2D eigenvalue weighted by atomic mass is 10.0. The Bertz CT molecular complexity index is 763. The highest BCUT2D eigenvalue weighted by Crippen LogP contribution is 2.27. The minimum absolute atomic E-state index is 0.178. The van der Waals surface area contributed by atoms with Gasteiger partial charge in [0.2, 0.25) is 0 Å². The maximum atomic E-state index is 13.0. The fourth-order valence-corrected chi connectivity index (χ4v) is 3.90. The Kier molecular flexibility index (Phi) is 5.48. The van der Waals surface area contributed by atoms with E-state index in [-0.39, 0.29) is 5.91 Å². The van der Waals surface area contributed by atoms with Gasteiger partial charge in [0, 0.05) is 48.9 Å². The molecule has 2 aromatic rings. The summed E-state index contributed by atoms with van der Waals surface area (Å²) < 4.78 is 7.53. The molecule has 4 heteroatoms. The van der Waals surface area contributed by atoms with Crippen LogP contribution in [0.1, 0.15) is 47.8 Å². The third-order valence-electron chi connectivity index (χ3n) is 5.71. The van der Waals surface area contributed by atoms with Crippen LogP contribution in [0.15, 0.2) is 18.2 Å². The molecule has 1 atom stereocenters. The molecule has 1 saturated heterocycles. The van der Waals surface area contributed by atoms with Gasteiger partial charge in [-0.25, -0.2) is 0 Å². The minimum Gasteiger partial charge on any atom is -0.383 e. The van der Waals surface area contributed by atoms with E-state index in [9.17, 15) is 4.79 Å². The van der Waals surface area contributed by atoms with Crippen molar-refractivity contribution in [1.82, 2.24) is 9.47 Å². The first-order chi connectivity index (χ1) is 12.0. The van der Waals surface area contributed by atoms with Crippen molar-refractivity contribution in [3.8, 4) is 0 Å². The van der Waals surface area contributed by atoms with Gasteiger partial charge in [0.15, 0.2) is 0 Å². The fourth-order valence-electron chi connectivity index (χ4n) is 3.90. The van der Waals surface area contributed by atoms with Crippen LogP contribution >= 0.6 is 0 Å². The zero-order chi connectivity index (χ0) is 18.0. The number of fused-ring (bicyclic) bond motifs is 1. The summed E-state index contributed by atoms with van der Waals surface area (Å²) in [7, 11) is 1.73. The van der Waals surface area contributed by atoms with Crippen molar-refractivity contribution >= 4 is 16.8 Å². The van der Waals surface area contributed by atoms with Gasteiger partial charge in [0.05, 0.1) is 6.61 Å². The van der Waals surface area contributed by atoms with E-state index in [0.29, 0.717) is 6.61 Å². The van der Waals surface area contributed by atoms with Crippen molar-refractivity contribution in [2.45, 2.75) is 46.6 Å². The molecular formula is C21H30N2O2. The predicted octanol–water partition coefficient (Wildman–Crippen LogP) is 4.17. The summed E-state index contributed by atoms with van der Waals surface area (Å²) >= 11 is 0. The van der Waals surface area contributed by atoms with Crippen molar-refractivity contribution < 1.29 is 9.53 Å². The standard InChI is InChI=1S/C21H30N2O2/c1-15-6-5-10-22(11-9-15)21(24)18-7-8-20-19(14-18)16(2)17(3)23(20)12-13-25-4/h7-8,14-15H,5-6,9-13H2,1-4H3. The first-order valence-electron chi connectivity index (χ1n) is 9.40. The maximum absolute atomic E-state index is 13.0. The van der Waals surface area contributed by atoms with Gasteiger partial charge in [-0.2, -0.15) is 0 Å². The van der Waals surface area contributed by atoms with Gasteiger partial charge in [-0.05, 0) is 62.8 Å². The maximum Gasteiger partial charge on any atom is 0.253 e. The number of hydrogen-bond donors (Lipinski definition) is 0. The van der Waals surface area contributed by atoms with E-state index in [0.717, 1.165) is 44.0 Å². The number of aromatic nitrogens is 1. The molecule has 1 fully saturated rings. The number of carbonyl (C=O) groups is 1. The molecule has 1 aromatic carbocycles. The molecule has 2 heterocycles. The Hall–Kier alpha value is -1.81. The summed E-state index contributed by atoms with van der Waals surface area (Å²) in [6.07, 6.45) is 3.45. The van der Waals surface area contributed by atoms with E-state index < -0.39 is 0 Å². The predicted molar refractivity (Wildman–Crippen MR) is 102 cm³/mol. The van der Waals surface area contributed by atoms with Gasteiger partial charge in [0.25, 0.3) is 5.91 Å². The summed E-state index contributed by atoms with van der Waals surface area (Å²) in [5, 5.41) is 1.18. The molecular weight excluding hydrogens is 312 g/mol. The summed E-state index contributed by atoms with van der Waals surface area (Å²) in [6.45, 7) is 9.86. The summed E-state index contributed by atoms with van der Waals surface area (Å²) in [5.74, 6) is 0.901. The van der Waals surface area contributed by atoms with Crippen molar-refractivity contribution in [3.63, 3.8) is 0 Å². The number of hydrogen-bond acceptors (Lipinski definition) is 2. The van der Waals surface area contributed by atoms with Crippen LogP contribution in [0, 0.1) is 19.8 Å². The molecule has 0 bridgehead atoms. The lowest BCUT2D eigenvalue weighted by molar-refractivity contribution is 0.0760. The van der Waals surface area contributed by atoms with E-state index in [2.05, 4.69) is 37.5 Å². The molecule has 1 aromatic heterocycles. The fraction of sp³-hybridized carbons (Fsp3) is 0.571. The Morgan fingerprint density at radius 2 is 2.04 bits per heavy atom. The number of rotatable bonds is 4. The summed E-state index contributed by atoms with van der Waals surface area (Å²) in [4.78, 5) is 15.0. The van der Waals surface area contributed by atoms with Crippen LogP contribution in [0.3, 0.4) is 0 Å². The summed E-state index contributed by atoms with van der Waals surface area (Å²) in [6, 6.07) is 6.16. The number of methoxy groups -OCH3 is 1. The van der Waals surface area contributed by atoms with Gasteiger partial charge in [-0.1, -0.05) is 6.92 Å². The molecule has 136 valence electrons. The molecule has 0 saturated carbocycles. The highest BCUT2D eigenvalue weighted by atomic mass is 16.5. The zero-order valence-electron chi connectivity index (χ0n) is 16.0. The van der Waals surface area contributed by atoms with Gasteiger partial charge in [0.1, 0.15) is 0 Å². The number of nitrogens with zero attached hydrogens (tertiary/aromatic N) is 2. The van der Waals surface area contributed by atoms with Crippen LogP contribution in [0.5, 0.6) is 0 Å². The Morgan fingerprint density at radius 1 is 1.24 bits per heavy atom. The van der Waals surface area contributed by atoms with Crippen molar-refractivity contribution in [2.24, 2.45) is 5.92 Å². The van der Waals surface area contributed by atoms with Gasteiger partial charge in [-0.15, -0.1) is 0 Å². The number of ether oxygens (including phenoxy) is 1.